The van der Waals surface area contributed by atoms with E-state index in [-0.39, 0.29) is 0 Å². The van der Waals surface area contributed by atoms with Crippen molar-refractivity contribution in [3.8, 4) is 23.3 Å². The Kier molecular flexibility index (Phi) is 5.75. The summed E-state index contributed by atoms with van der Waals surface area (Å²) in [4.78, 5) is 10.8. The van der Waals surface area contributed by atoms with Crippen LogP contribution in [0.15, 0.2) is 12.1 Å². The fourth-order valence-electron chi connectivity index (χ4n) is 1.46. The summed E-state index contributed by atoms with van der Waals surface area (Å²) < 4.78 is 10.5. The predicted octanol–water partition coefficient (Wildman–Crippen LogP) is 1.48. The smallest absolute Gasteiger partial charge is 0.150 e. The molecule has 0 fully saturated rings. The average Bonchev–Trinajstić information content (AvgIpc) is 2.42. The third-order valence-corrected chi connectivity index (χ3v) is 2.38. The van der Waals surface area contributed by atoms with Gasteiger partial charge in [0.25, 0.3) is 0 Å². The Morgan fingerprint density at radius 2 is 1.89 bits per heavy atom. The lowest BCUT2D eigenvalue weighted by Gasteiger charge is -2.09. The van der Waals surface area contributed by atoms with Crippen molar-refractivity contribution in [3.05, 3.63) is 23.3 Å². The van der Waals surface area contributed by atoms with Crippen LogP contribution in [-0.2, 0) is 0 Å². The first-order chi connectivity index (χ1) is 8.76. The standard InChI is InChI=1S/C14H17NO3/c1-15-7-5-4-6-12-13(17-2)8-11(10-16)9-14(12)18-3/h8-10,15H,5,7H2,1-3H3. The molecule has 0 heterocycles. The molecule has 0 aromatic heterocycles. The van der Waals surface area contributed by atoms with Gasteiger partial charge in [0.05, 0.1) is 14.2 Å². The van der Waals surface area contributed by atoms with Crippen molar-refractivity contribution in [2.75, 3.05) is 27.8 Å². The minimum absolute atomic E-state index is 0.504. The van der Waals surface area contributed by atoms with Crippen LogP contribution in [0, 0.1) is 11.8 Å². The molecule has 1 rings (SSSR count). The molecule has 0 bridgehead atoms. The fourth-order valence-corrected chi connectivity index (χ4v) is 1.46. The molecule has 0 aliphatic heterocycles. The van der Waals surface area contributed by atoms with Crippen LogP contribution in [0.5, 0.6) is 11.5 Å². The van der Waals surface area contributed by atoms with Crippen molar-refractivity contribution in [2.45, 2.75) is 6.42 Å². The maximum Gasteiger partial charge on any atom is 0.150 e. The number of aldehydes is 1. The zero-order valence-corrected chi connectivity index (χ0v) is 10.9. The molecular formula is C14H17NO3. The normalized spacial score (nSPS) is 9.28. The Morgan fingerprint density at radius 1 is 1.28 bits per heavy atom. The molecule has 18 heavy (non-hydrogen) atoms. The van der Waals surface area contributed by atoms with E-state index in [1.165, 1.54) is 0 Å². The molecule has 1 N–H and O–H groups in total. The Balaban J connectivity index is 3.13. The highest BCUT2D eigenvalue weighted by Crippen LogP contribution is 2.29. The highest BCUT2D eigenvalue weighted by molar-refractivity contribution is 5.78. The number of nitrogens with one attached hydrogen (secondary N) is 1. The second-order valence-electron chi connectivity index (χ2n) is 3.57. The third-order valence-electron chi connectivity index (χ3n) is 2.38. The van der Waals surface area contributed by atoms with Gasteiger partial charge in [-0.2, -0.15) is 0 Å². The van der Waals surface area contributed by atoms with Gasteiger partial charge >= 0.3 is 0 Å². The molecule has 1 aromatic rings. The van der Waals surface area contributed by atoms with Crippen molar-refractivity contribution in [2.24, 2.45) is 0 Å². The number of hydrogen-bond donors (Lipinski definition) is 1. The quantitative estimate of drug-likeness (QED) is 0.486. The number of ether oxygens (including phenoxy) is 2. The van der Waals surface area contributed by atoms with E-state index in [9.17, 15) is 4.79 Å². The zero-order chi connectivity index (χ0) is 13.4. The van der Waals surface area contributed by atoms with E-state index < -0.39 is 0 Å². The van der Waals surface area contributed by atoms with Crippen molar-refractivity contribution in [3.63, 3.8) is 0 Å². The number of hydrogen-bond acceptors (Lipinski definition) is 4. The molecule has 96 valence electrons. The van der Waals surface area contributed by atoms with Gasteiger partial charge in [-0.05, 0) is 19.2 Å². The van der Waals surface area contributed by atoms with E-state index in [1.54, 1.807) is 26.4 Å². The van der Waals surface area contributed by atoms with Gasteiger partial charge in [0, 0.05) is 18.5 Å². The lowest BCUT2D eigenvalue weighted by atomic mass is 10.1. The summed E-state index contributed by atoms with van der Waals surface area (Å²) in [6.45, 7) is 0.823. The van der Waals surface area contributed by atoms with Gasteiger partial charge in [-0.15, -0.1) is 0 Å². The number of benzene rings is 1. The van der Waals surface area contributed by atoms with Crippen LogP contribution in [-0.4, -0.2) is 34.1 Å². The molecule has 0 unspecified atom stereocenters. The Hall–Kier alpha value is -1.99. The first-order valence-corrected chi connectivity index (χ1v) is 5.61. The summed E-state index contributed by atoms with van der Waals surface area (Å²) in [5.41, 5.74) is 1.17. The summed E-state index contributed by atoms with van der Waals surface area (Å²) in [6.07, 6.45) is 1.49. The lowest BCUT2D eigenvalue weighted by molar-refractivity contribution is 0.112. The largest absolute Gasteiger partial charge is 0.495 e. The van der Waals surface area contributed by atoms with E-state index in [0.717, 1.165) is 19.3 Å². The molecule has 0 saturated heterocycles. The van der Waals surface area contributed by atoms with Crippen molar-refractivity contribution in [1.82, 2.24) is 5.32 Å². The van der Waals surface area contributed by atoms with Gasteiger partial charge < -0.3 is 14.8 Å². The summed E-state index contributed by atoms with van der Waals surface area (Å²) in [7, 11) is 4.96. The monoisotopic (exact) mass is 247 g/mol. The molecule has 4 heteroatoms. The van der Waals surface area contributed by atoms with Crippen LogP contribution in [0.4, 0.5) is 0 Å². The molecule has 4 nitrogen and oxygen atoms in total. The predicted molar refractivity (Wildman–Crippen MR) is 70.4 cm³/mol. The molecular weight excluding hydrogens is 230 g/mol. The van der Waals surface area contributed by atoms with E-state index in [1.807, 2.05) is 7.05 Å². The number of carbonyl (C=O) groups is 1. The first kappa shape index (κ1) is 14.1. The molecule has 0 atom stereocenters. The topological polar surface area (TPSA) is 47.6 Å². The maximum atomic E-state index is 10.8. The summed E-state index contributed by atoms with van der Waals surface area (Å²) in [6, 6.07) is 3.30. The molecule has 0 spiro atoms. The van der Waals surface area contributed by atoms with E-state index in [0.29, 0.717) is 22.6 Å². The molecule has 0 radical (unpaired) electrons. The molecule has 0 amide bonds. The molecule has 0 aliphatic carbocycles. The number of methoxy groups -OCH3 is 2. The van der Waals surface area contributed by atoms with E-state index in [2.05, 4.69) is 17.2 Å². The minimum Gasteiger partial charge on any atom is -0.495 e. The number of rotatable bonds is 5. The van der Waals surface area contributed by atoms with Crippen LogP contribution < -0.4 is 14.8 Å². The van der Waals surface area contributed by atoms with Crippen molar-refractivity contribution < 1.29 is 14.3 Å². The van der Waals surface area contributed by atoms with Gasteiger partial charge in [-0.1, -0.05) is 11.8 Å². The zero-order valence-electron chi connectivity index (χ0n) is 10.9. The summed E-state index contributed by atoms with van der Waals surface area (Å²) in [5, 5.41) is 3.02. The van der Waals surface area contributed by atoms with Gasteiger partial charge in [-0.25, -0.2) is 0 Å². The van der Waals surface area contributed by atoms with Crippen molar-refractivity contribution in [1.29, 1.82) is 0 Å². The second-order valence-corrected chi connectivity index (χ2v) is 3.57. The first-order valence-electron chi connectivity index (χ1n) is 5.61. The molecule has 1 aromatic carbocycles. The Labute approximate surface area is 107 Å². The number of carbonyl (C=O) groups excluding carboxylic acids is 1. The van der Waals surface area contributed by atoms with Crippen LogP contribution >= 0.6 is 0 Å². The van der Waals surface area contributed by atoms with Gasteiger partial charge in [0.1, 0.15) is 23.3 Å². The molecule has 0 saturated carbocycles. The van der Waals surface area contributed by atoms with Crippen LogP contribution in [0.2, 0.25) is 0 Å². The minimum atomic E-state index is 0.504. The highest BCUT2D eigenvalue weighted by atomic mass is 16.5. The Bertz CT molecular complexity index is 447. The Morgan fingerprint density at radius 3 is 2.33 bits per heavy atom. The SMILES string of the molecule is CNCCC#Cc1c(OC)cc(C=O)cc1OC. The van der Waals surface area contributed by atoms with Gasteiger partial charge in [0.15, 0.2) is 0 Å². The van der Waals surface area contributed by atoms with Crippen molar-refractivity contribution >= 4 is 6.29 Å². The molecule has 0 aliphatic rings. The average molecular weight is 247 g/mol. The fraction of sp³-hybridized carbons (Fsp3) is 0.357. The van der Waals surface area contributed by atoms with E-state index in [4.69, 9.17) is 9.47 Å². The van der Waals surface area contributed by atoms with Crippen LogP contribution in [0.1, 0.15) is 22.3 Å². The second kappa shape index (κ2) is 7.36. The van der Waals surface area contributed by atoms with Gasteiger partial charge in [0.2, 0.25) is 0 Å². The highest BCUT2D eigenvalue weighted by Gasteiger charge is 2.10. The van der Waals surface area contributed by atoms with E-state index >= 15 is 0 Å². The maximum absolute atomic E-state index is 10.8. The third kappa shape index (κ3) is 3.51. The lowest BCUT2D eigenvalue weighted by Crippen LogP contribution is -2.06. The van der Waals surface area contributed by atoms with Gasteiger partial charge in [-0.3, -0.25) is 4.79 Å². The van der Waals surface area contributed by atoms with Crippen LogP contribution in [0.25, 0.3) is 0 Å². The summed E-state index contributed by atoms with van der Waals surface area (Å²) >= 11 is 0. The summed E-state index contributed by atoms with van der Waals surface area (Å²) in [5.74, 6) is 7.14. The van der Waals surface area contributed by atoms with Crippen LogP contribution in [0.3, 0.4) is 0 Å².